The molecule has 118 valence electrons. The quantitative estimate of drug-likeness (QED) is 0.776. The van der Waals surface area contributed by atoms with Crippen LogP contribution >= 0.6 is 0 Å². The van der Waals surface area contributed by atoms with Crippen molar-refractivity contribution in [2.24, 2.45) is 0 Å². The van der Waals surface area contributed by atoms with Gasteiger partial charge < -0.3 is 9.64 Å². The van der Waals surface area contributed by atoms with Gasteiger partial charge in [0.05, 0.1) is 12.3 Å². The Balaban J connectivity index is 2.19. The predicted octanol–water partition coefficient (Wildman–Crippen LogP) is 3.87. The summed E-state index contributed by atoms with van der Waals surface area (Å²) in [7, 11) is 4.10. The summed E-state index contributed by atoms with van der Waals surface area (Å²) in [4.78, 5) is 6.59. The van der Waals surface area contributed by atoms with Crippen LogP contribution in [0.4, 0.5) is 0 Å². The minimum absolute atomic E-state index is 0.109. The lowest BCUT2D eigenvalue weighted by molar-refractivity contribution is 0.0662. The lowest BCUT2D eigenvalue weighted by Gasteiger charge is -2.20. The van der Waals surface area contributed by atoms with E-state index in [2.05, 4.69) is 62.1 Å². The number of benzene rings is 1. The average Bonchev–Trinajstić information content (AvgIpc) is 2.52. The number of ether oxygens (including phenoxy) is 1. The van der Waals surface area contributed by atoms with Gasteiger partial charge in [0.2, 0.25) is 0 Å². The fourth-order valence-electron chi connectivity index (χ4n) is 2.29. The van der Waals surface area contributed by atoms with Crippen molar-refractivity contribution in [1.82, 2.24) is 9.88 Å². The predicted molar refractivity (Wildman–Crippen MR) is 91.1 cm³/mol. The molecule has 2 rings (SSSR count). The van der Waals surface area contributed by atoms with Crippen LogP contribution in [0.25, 0.3) is 0 Å². The highest BCUT2D eigenvalue weighted by Crippen LogP contribution is 2.26. The van der Waals surface area contributed by atoms with Crippen LogP contribution in [-0.2, 0) is 4.74 Å². The Kier molecular flexibility index (Phi) is 6.10. The maximum absolute atomic E-state index is 6.12. The molecule has 0 N–H and O–H groups in total. The topological polar surface area (TPSA) is 25.4 Å². The van der Waals surface area contributed by atoms with E-state index in [-0.39, 0.29) is 6.10 Å². The van der Waals surface area contributed by atoms with Gasteiger partial charge in [0.1, 0.15) is 6.10 Å². The molecule has 0 fully saturated rings. The number of aromatic nitrogens is 1. The number of rotatable bonds is 7. The Labute approximate surface area is 134 Å². The molecule has 0 amide bonds. The van der Waals surface area contributed by atoms with Crippen molar-refractivity contribution in [2.75, 3.05) is 27.2 Å². The van der Waals surface area contributed by atoms with Crippen LogP contribution in [0.5, 0.6) is 0 Å². The third-order valence-corrected chi connectivity index (χ3v) is 3.69. The van der Waals surface area contributed by atoms with Crippen molar-refractivity contribution < 1.29 is 4.74 Å². The second-order valence-electron chi connectivity index (χ2n) is 6.13. The average molecular weight is 298 g/mol. The normalized spacial score (nSPS) is 12.8. The van der Waals surface area contributed by atoms with Gasteiger partial charge in [-0.2, -0.15) is 0 Å². The Morgan fingerprint density at radius 1 is 1.00 bits per heavy atom. The highest BCUT2D eigenvalue weighted by Gasteiger charge is 2.16. The van der Waals surface area contributed by atoms with Gasteiger partial charge in [0, 0.05) is 12.7 Å². The van der Waals surface area contributed by atoms with Crippen molar-refractivity contribution in [3.8, 4) is 0 Å². The summed E-state index contributed by atoms with van der Waals surface area (Å²) in [6, 6.07) is 14.7. The molecule has 1 aromatic heterocycles. The van der Waals surface area contributed by atoms with Crippen molar-refractivity contribution in [3.63, 3.8) is 0 Å². The van der Waals surface area contributed by atoms with Crippen molar-refractivity contribution in [1.29, 1.82) is 0 Å². The number of nitrogens with zero attached hydrogens (tertiary/aromatic N) is 2. The molecule has 0 aliphatic rings. The van der Waals surface area contributed by atoms with Crippen molar-refractivity contribution in [3.05, 3.63) is 65.5 Å². The Bertz CT molecular complexity index is 549. The second kappa shape index (κ2) is 8.06. The molecule has 1 aromatic carbocycles. The molecule has 3 nitrogen and oxygen atoms in total. The number of hydrogen-bond donors (Lipinski definition) is 0. The van der Waals surface area contributed by atoms with Crippen LogP contribution in [0.1, 0.15) is 42.7 Å². The first kappa shape index (κ1) is 16.7. The molecular weight excluding hydrogens is 272 g/mol. The molecule has 1 unspecified atom stereocenters. The van der Waals surface area contributed by atoms with Gasteiger partial charge in [-0.1, -0.05) is 44.2 Å². The van der Waals surface area contributed by atoms with Gasteiger partial charge in [-0.25, -0.2) is 0 Å². The van der Waals surface area contributed by atoms with Crippen LogP contribution in [0.3, 0.4) is 0 Å². The van der Waals surface area contributed by atoms with E-state index in [1.165, 1.54) is 5.56 Å². The summed E-state index contributed by atoms with van der Waals surface area (Å²) in [5.41, 5.74) is 3.46. The molecule has 0 radical (unpaired) electrons. The SMILES string of the molecule is CC(C)c1ccc(C(OCCN(C)C)c2ccccn2)cc1. The molecule has 0 spiro atoms. The van der Waals surface area contributed by atoms with E-state index in [1.54, 1.807) is 0 Å². The first-order valence-corrected chi connectivity index (χ1v) is 7.85. The molecule has 0 aliphatic heterocycles. The summed E-state index contributed by atoms with van der Waals surface area (Å²) in [5.74, 6) is 0.539. The molecule has 3 heteroatoms. The zero-order valence-corrected chi connectivity index (χ0v) is 14.0. The summed E-state index contributed by atoms with van der Waals surface area (Å²) in [6.07, 6.45) is 1.71. The fraction of sp³-hybridized carbons (Fsp3) is 0.421. The molecule has 0 saturated heterocycles. The lowest BCUT2D eigenvalue weighted by atomic mass is 9.99. The zero-order valence-electron chi connectivity index (χ0n) is 14.0. The van der Waals surface area contributed by atoms with Crippen LogP contribution in [0, 0.1) is 0 Å². The molecule has 0 saturated carbocycles. The highest BCUT2D eigenvalue weighted by atomic mass is 16.5. The van der Waals surface area contributed by atoms with E-state index in [1.807, 2.05) is 24.4 Å². The van der Waals surface area contributed by atoms with Crippen LogP contribution < -0.4 is 0 Å². The summed E-state index contributed by atoms with van der Waals surface area (Å²) < 4.78 is 6.12. The Hall–Kier alpha value is -1.71. The van der Waals surface area contributed by atoms with Gasteiger partial charge >= 0.3 is 0 Å². The molecular formula is C19H26N2O. The maximum Gasteiger partial charge on any atom is 0.124 e. The minimum atomic E-state index is -0.109. The number of likely N-dealkylation sites (N-methyl/N-ethyl adjacent to an activating group) is 1. The summed E-state index contributed by atoms with van der Waals surface area (Å²) >= 11 is 0. The minimum Gasteiger partial charge on any atom is -0.366 e. The summed E-state index contributed by atoms with van der Waals surface area (Å²) in [5, 5.41) is 0. The van der Waals surface area contributed by atoms with Crippen molar-refractivity contribution >= 4 is 0 Å². The molecule has 22 heavy (non-hydrogen) atoms. The van der Waals surface area contributed by atoms with Crippen LogP contribution in [-0.4, -0.2) is 37.1 Å². The first-order valence-electron chi connectivity index (χ1n) is 7.85. The zero-order chi connectivity index (χ0) is 15.9. The molecule has 1 heterocycles. The Morgan fingerprint density at radius 3 is 2.23 bits per heavy atom. The maximum atomic E-state index is 6.12. The molecule has 0 aliphatic carbocycles. The lowest BCUT2D eigenvalue weighted by Crippen LogP contribution is -2.20. The standard InChI is InChI=1S/C19H26N2O/c1-15(2)16-8-10-17(11-9-16)19(22-14-13-21(3)4)18-7-5-6-12-20-18/h5-12,15,19H,13-14H2,1-4H3. The molecule has 2 aromatic rings. The van der Waals surface area contributed by atoms with E-state index < -0.39 is 0 Å². The van der Waals surface area contributed by atoms with Gasteiger partial charge in [-0.3, -0.25) is 4.98 Å². The van der Waals surface area contributed by atoms with Crippen molar-refractivity contribution in [2.45, 2.75) is 25.9 Å². The van der Waals surface area contributed by atoms with E-state index in [0.717, 1.165) is 17.8 Å². The van der Waals surface area contributed by atoms with E-state index in [4.69, 9.17) is 4.74 Å². The highest BCUT2D eigenvalue weighted by molar-refractivity contribution is 5.30. The fourth-order valence-corrected chi connectivity index (χ4v) is 2.29. The largest absolute Gasteiger partial charge is 0.366 e. The number of hydrogen-bond acceptors (Lipinski definition) is 3. The Morgan fingerprint density at radius 2 is 1.68 bits per heavy atom. The number of pyridine rings is 1. The van der Waals surface area contributed by atoms with E-state index in [9.17, 15) is 0 Å². The van der Waals surface area contributed by atoms with E-state index in [0.29, 0.717) is 12.5 Å². The molecule has 1 atom stereocenters. The smallest absolute Gasteiger partial charge is 0.124 e. The summed E-state index contributed by atoms with van der Waals surface area (Å²) in [6.45, 7) is 5.99. The van der Waals surface area contributed by atoms with Crippen LogP contribution in [0.2, 0.25) is 0 Å². The third kappa shape index (κ3) is 4.65. The van der Waals surface area contributed by atoms with Gasteiger partial charge in [-0.15, -0.1) is 0 Å². The van der Waals surface area contributed by atoms with Crippen LogP contribution in [0.15, 0.2) is 48.7 Å². The van der Waals surface area contributed by atoms with Gasteiger partial charge in [0.15, 0.2) is 0 Å². The molecule has 0 bridgehead atoms. The van der Waals surface area contributed by atoms with Gasteiger partial charge in [-0.05, 0) is 43.3 Å². The van der Waals surface area contributed by atoms with Gasteiger partial charge in [0.25, 0.3) is 0 Å². The monoisotopic (exact) mass is 298 g/mol. The first-order chi connectivity index (χ1) is 10.6. The third-order valence-electron chi connectivity index (χ3n) is 3.69. The second-order valence-corrected chi connectivity index (χ2v) is 6.13. The van der Waals surface area contributed by atoms with E-state index >= 15 is 0 Å².